The van der Waals surface area contributed by atoms with Crippen LogP contribution >= 0.6 is 23.2 Å². The number of imidazole rings is 1. The van der Waals surface area contributed by atoms with E-state index in [-0.39, 0.29) is 51.9 Å². The summed E-state index contributed by atoms with van der Waals surface area (Å²) in [6, 6.07) is 14.7. The zero-order valence-electron chi connectivity index (χ0n) is 38.4. The number of aromatic nitrogens is 2. The monoisotopic (exact) mass is 941 g/mol. The SMILES string of the molecule is CN(CCCCCc1ccc2c(c1)n(C)c(=O)n2C1CCC(=O)NC1=O)C[C@H]1CC[C@H](NC(=O)[C@@H]2NC3(CCC(C)(C)CC3)[C@@]3(C(=O)Nc4cc(Cl)ccc43)[C@H]2c2cccc(Cl)c2F)CC1. The summed E-state index contributed by atoms with van der Waals surface area (Å²) in [5, 5.41) is 13.1. The van der Waals surface area contributed by atoms with Gasteiger partial charge in [0, 0.05) is 48.2 Å². The van der Waals surface area contributed by atoms with E-state index in [1.807, 2.05) is 24.3 Å². The molecule has 2 spiro atoms. The molecule has 3 aromatic carbocycles. The van der Waals surface area contributed by atoms with Crippen molar-refractivity contribution in [1.82, 2.24) is 30.0 Å². The average molecular weight is 943 g/mol. The van der Waals surface area contributed by atoms with E-state index in [1.165, 1.54) is 10.6 Å². The average Bonchev–Trinajstić information content (AvgIpc) is 3.84. The number of benzene rings is 3. The van der Waals surface area contributed by atoms with Crippen LogP contribution in [0.15, 0.2) is 59.4 Å². The smallest absolute Gasteiger partial charge is 0.329 e. The lowest BCUT2D eigenvalue weighted by Crippen LogP contribution is -2.61. The lowest BCUT2D eigenvalue weighted by atomic mass is 9.53. The van der Waals surface area contributed by atoms with Gasteiger partial charge in [-0.1, -0.05) is 67.7 Å². The number of piperidine rings is 1. The number of rotatable bonds is 12. The molecule has 9 rings (SSSR count). The summed E-state index contributed by atoms with van der Waals surface area (Å²) >= 11 is 12.9. The molecule has 4 fully saturated rings. The van der Waals surface area contributed by atoms with E-state index in [9.17, 15) is 24.0 Å². The lowest BCUT2D eigenvalue weighted by molar-refractivity contribution is -0.136. The van der Waals surface area contributed by atoms with Crippen LogP contribution in [0.3, 0.4) is 0 Å². The van der Waals surface area contributed by atoms with Crippen molar-refractivity contribution in [3.63, 3.8) is 0 Å². The normalized spacial score (nSPS) is 26.8. The van der Waals surface area contributed by atoms with Gasteiger partial charge in [0.15, 0.2) is 0 Å². The quantitative estimate of drug-likeness (QED) is 0.0831. The second-order valence-corrected chi connectivity index (χ2v) is 21.6. The van der Waals surface area contributed by atoms with Gasteiger partial charge in [0.2, 0.25) is 23.6 Å². The van der Waals surface area contributed by atoms with Crippen molar-refractivity contribution in [2.45, 2.75) is 139 Å². The molecule has 4 aromatic rings. The third-order valence-electron chi connectivity index (χ3n) is 16.0. The zero-order chi connectivity index (χ0) is 46.7. The number of halogens is 3. The van der Waals surface area contributed by atoms with Crippen molar-refractivity contribution in [1.29, 1.82) is 0 Å². The largest absolute Gasteiger partial charge is 0.352 e. The van der Waals surface area contributed by atoms with Crippen LogP contribution in [0.25, 0.3) is 11.0 Å². The number of carbonyl (C=O) groups is 4. The molecule has 0 bridgehead atoms. The first kappa shape index (κ1) is 46.5. The maximum Gasteiger partial charge on any atom is 0.329 e. The van der Waals surface area contributed by atoms with E-state index < -0.39 is 40.7 Å². The fourth-order valence-corrected chi connectivity index (χ4v) is 12.8. The van der Waals surface area contributed by atoms with Crippen molar-refractivity contribution >= 4 is 63.6 Å². The molecular weight excluding hydrogens is 881 g/mol. The fourth-order valence-electron chi connectivity index (χ4n) is 12.4. The molecule has 12 nitrogen and oxygen atoms in total. The molecule has 1 aromatic heterocycles. The van der Waals surface area contributed by atoms with Gasteiger partial charge in [0.1, 0.15) is 17.3 Å². The standard InChI is InChI=1S/C51H62Cl2FN7O5/c1-49(2)22-24-50(25-23-49)51(35-18-15-32(52)28-37(35)56-47(51)65)42(34-10-8-11-36(53)43(34)54)44(58-50)46(64)55-33-16-12-31(13-17-33)29-59(3)26-7-5-6-9-30-14-19-38-40(27-30)60(4)48(66)61(38)39-20-21-41(62)57-45(39)63/h8,10-11,14-15,18-19,27-28,31,33,39,42,44,58H,5-7,9,12-13,16-17,20-26,29H2,1-4H3,(H,55,64)(H,56,65)(H,57,62,63)/t31-,33-,39?,42-,44+,51+/m0/s1. The number of nitrogens with one attached hydrogen (secondary N) is 4. The minimum absolute atomic E-state index is 0.0374. The van der Waals surface area contributed by atoms with E-state index in [0.29, 0.717) is 41.4 Å². The van der Waals surface area contributed by atoms with Gasteiger partial charge in [-0.05, 0) is 149 Å². The molecule has 0 radical (unpaired) electrons. The molecule has 4 N–H and O–H groups in total. The van der Waals surface area contributed by atoms with Gasteiger partial charge >= 0.3 is 5.69 Å². The van der Waals surface area contributed by atoms with Crippen LogP contribution in [0, 0.1) is 17.2 Å². The summed E-state index contributed by atoms with van der Waals surface area (Å²) in [6.45, 7) is 6.44. The third-order valence-corrected chi connectivity index (χ3v) is 16.5. The molecule has 4 atom stereocenters. The van der Waals surface area contributed by atoms with Crippen molar-refractivity contribution in [2.24, 2.45) is 18.4 Å². The predicted molar refractivity (Wildman–Crippen MR) is 255 cm³/mol. The highest BCUT2D eigenvalue weighted by atomic mass is 35.5. The molecule has 5 aliphatic rings. The molecular formula is C51H62Cl2FN7O5. The maximum absolute atomic E-state index is 16.4. The third kappa shape index (κ3) is 8.29. The number of hydrogen-bond donors (Lipinski definition) is 4. The Bertz CT molecular complexity index is 2630. The number of unbranched alkanes of at least 4 members (excludes halogenated alkanes) is 2. The first-order chi connectivity index (χ1) is 31.5. The van der Waals surface area contributed by atoms with Crippen molar-refractivity contribution in [3.8, 4) is 0 Å². The zero-order valence-corrected chi connectivity index (χ0v) is 39.9. The van der Waals surface area contributed by atoms with Crippen LogP contribution in [-0.2, 0) is 38.1 Å². The minimum atomic E-state index is -1.29. The van der Waals surface area contributed by atoms with Crippen LogP contribution < -0.4 is 27.0 Å². The highest BCUT2D eigenvalue weighted by Gasteiger charge is 2.73. The molecule has 66 heavy (non-hydrogen) atoms. The van der Waals surface area contributed by atoms with E-state index in [2.05, 4.69) is 47.1 Å². The molecule has 2 saturated heterocycles. The van der Waals surface area contributed by atoms with Gasteiger partial charge in [0.05, 0.1) is 22.1 Å². The number of fused-ring (bicyclic) bond motifs is 4. The molecule has 2 aliphatic carbocycles. The van der Waals surface area contributed by atoms with Crippen LogP contribution in [0.1, 0.15) is 126 Å². The molecule has 3 aliphatic heterocycles. The second-order valence-electron chi connectivity index (χ2n) is 20.7. The minimum Gasteiger partial charge on any atom is -0.352 e. The van der Waals surface area contributed by atoms with E-state index in [0.717, 1.165) is 93.9 Å². The van der Waals surface area contributed by atoms with Gasteiger partial charge < -0.3 is 15.5 Å². The molecule has 2 saturated carbocycles. The lowest BCUT2D eigenvalue weighted by Gasteiger charge is -2.50. The molecule has 4 amide bonds. The van der Waals surface area contributed by atoms with Gasteiger partial charge in [-0.2, -0.15) is 0 Å². The fraction of sp³-hybridized carbons (Fsp3) is 0.549. The summed E-state index contributed by atoms with van der Waals surface area (Å²) < 4.78 is 19.5. The number of carbonyl (C=O) groups excluding carboxylic acids is 4. The Labute approximate surface area is 395 Å². The van der Waals surface area contributed by atoms with Crippen molar-refractivity contribution < 1.29 is 23.6 Å². The number of hydrogen-bond acceptors (Lipinski definition) is 7. The highest BCUT2D eigenvalue weighted by molar-refractivity contribution is 6.31. The number of aryl methyl sites for hydroxylation is 2. The Morgan fingerprint density at radius 2 is 1.65 bits per heavy atom. The van der Waals surface area contributed by atoms with Gasteiger partial charge in [-0.25, -0.2) is 9.18 Å². The van der Waals surface area contributed by atoms with E-state index >= 15 is 4.39 Å². The number of nitrogens with zero attached hydrogens (tertiary/aromatic N) is 3. The van der Waals surface area contributed by atoms with Crippen LogP contribution in [-0.4, -0.2) is 75.4 Å². The summed E-state index contributed by atoms with van der Waals surface area (Å²) in [7, 11) is 3.90. The Morgan fingerprint density at radius 3 is 2.39 bits per heavy atom. The Balaban J connectivity index is 0.808. The van der Waals surface area contributed by atoms with Gasteiger partial charge in [0.25, 0.3) is 0 Å². The second kappa shape index (κ2) is 18.2. The van der Waals surface area contributed by atoms with E-state index in [1.54, 1.807) is 35.9 Å². The summed E-state index contributed by atoms with van der Waals surface area (Å²) in [4.78, 5) is 69.5. The Morgan fingerprint density at radius 1 is 0.894 bits per heavy atom. The summed E-state index contributed by atoms with van der Waals surface area (Å²) in [5.74, 6) is -2.17. The molecule has 1 unspecified atom stereocenters. The highest BCUT2D eigenvalue weighted by Crippen LogP contribution is 2.64. The molecule has 352 valence electrons. The Kier molecular flexibility index (Phi) is 12.8. The first-order valence-electron chi connectivity index (χ1n) is 23.9. The summed E-state index contributed by atoms with van der Waals surface area (Å²) in [5.41, 5.74) is 1.90. The number of anilines is 1. The van der Waals surface area contributed by atoms with Gasteiger partial charge in [-0.3, -0.25) is 38.9 Å². The predicted octanol–water partition coefficient (Wildman–Crippen LogP) is 8.07. The summed E-state index contributed by atoms with van der Waals surface area (Å²) in [6.07, 6.45) is 11.1. The number of imide groups is 1. The molecule has 15 heteroatoms. The Hall–Kier alpha value is -4.56. The van der Waals surface area contributed by atoms with Crippen LogP contribution in [0.5, 0.6) is 0 Å². The topological polar surface area (TPSA) is 147 Å². The number of amides is 4. The maximum atomic E-state index is 16.4. The van der Waals surface area contributed by atoms with Gasteiger partial charge in [-0.15, -0.1) is 0 Å². The van der Waals surface area contributed by atoms with Crippen molar-refractivity contribution in [3.05, 3.63) is 97.6 Å². The molecule has 4 heterocycles. The first-order valence-corrected chi connectivity index (χ1v) is 24.6. The van der Waals surface area contributed by atoms with E-state index in [4.69, 9.17) is 23.2 Å². The van der Waals surface area contributed by atoms with Crippen molar-refractivity contribution in [2.75, 3.05) is 25.5 Å². The van der Waals surface area contributed by atoms with Crippen LogP contribution in [0.2, 0.25) is 10.0 Å². The van der Waals surface area contributed by atoms with Crippen LogP contribution in [0.4, 0.5) is 10.1 Å².